The molecule has 1 aliphatic heterocycles. The Bertz CT molecular complexity index is 912. The fourth-order valence-corrected chi connectivity index (χ4v) is 5.04. The van der Waals surface area contributed by atoms with Crippen LogP contribution in [0.4, 0.5) is 0 Å². The van der Waals surface area contributed by atoms with Gasteiger partial charge in [-0.3, -0.25) is 0 Å². The third-order valence-electron chi connectivity index (χ3n) is 5.32. The second kappa shape index (κ2) is 6.89. The van der Waals surface area contributed by atoms with Crippen molar-refractivity contribution in [2.45, 2.75) is 32.7 Å². The number of benzene rings is 1. The summed E-state index contributed by atoms with van der Waals surface area (Å²) >= 11 is 1.53. The number of hydrogen-bond donors (Lipinski definition) is 2. The van der Waals surface area contributed by atoms with Gasteiger partial charge in [-0.15, -0.1) is 5.10 Å². The molecule has 3 heterocycles. The van der Waals surface area contributed by atoms with Gasteiger partial charge in [-0.2, -0.15) is 4.52 Å². The van der Waals surface area contributed by atoms with E-state index in [1.54, 1.807) is 11.6 Å². The average Bonchev–Trinajstić information content (AvgIpc) is 3.15. The number of hydrogen-bond acceptors (Lipinski definition) is 5. The summed E-state index contributed by atoms with van der Waals surface area (Å²) in [6.45, 7) is 6.35. The van der Waals surface area contributed by atoms with Crippen molar-refractivity contribution in [3.8, 4) is 11.6 Å². The smallest absolute Gasteiger partial charge is 0.235 e. The molecule has 26 heavy (non-hydrogen) atoms. The number of aromatic hydroxyl groups is 1. The molecule has 0 saturated carbocycles. The summed E-state index contributed by atoms with van der Waals surface area (Å²) < 4.78 is 7.00. The molecule has 4 rings (SSSR count). The Labute approximate surface area is 157 Å². The molecule has 0 radical (unpaired) electrons. The number of rotatable bonds is 4. The maximum Gasteiger partial charge on any atom is 0.235 e. The molecule has 0 amide bonds. The largest absolute Gasteiger partial charge is 0.497 e. The Morgan fingerprint density at radius 1 is 1.35 bits per heavy atom. The van der Waals surface area contributed by atoms with Crippen molar-refractivity contribution in [1.29, 1.82) is 0 Å². The summed E-state index contributed by atoms with van der Waals surface area (Å²) in [4.78, 5) is 7.59. The van der Waals surface area contributed by atoms with Crippen molar-refractivity contribution in [2.75, 3.05) is 20.2 Å². The molecule has 3 aromatic rings. The van der Waals surface area contributed by atoms with Gasteiger partial charge in [-0.1, -0.05) is 30.4 Å². The molecular weight excluding hydrogens is 348 g/mol. The SMILES string of the molecule is COc1cccc([C@@H](c2sc3nc(C)nn3c2O)[NH+]2CCC(C)CC2)c1. The number of quaternary nitrogens is 1. The number of thiazole rings is 1. The highest BCUT2D eigenvalue weighted by Gasteiger charge is 2.34. The van der Waals surface area contributed by atoms with Crippen molar-refractivity contribution in [2.24, 2.45) is 5.92 Å². The third-order valence-corrected chi connectivity index (χ3v) is 6.40. The molecule has 2 N–H and O–H groups in total. The van der Waals surface area contributed by atoms with Gasteiger partial charge < -0.3 is 14.7 Å². The van der Waals surface area contributed by atoms with Gasteiger partial charge in [-0.05, 0) is 37.8 Å². The zero-order valence-corrected chi connectivity index (χ0v) is 16.2. The zero-order chi connectivity index (χ0) is 18.3. The first kappa shape index (κ1) is 17.3. The van der Waals surface area contributed by atoms with Crippen LogP contribution in [0.2, 0.25) is 0 Å². The van der Waals surface area contributed by atoms with Crippen LogP contribution in [0.3, 0.4) is 0 Å². The molecule has 1 fully saturated rings. The van der Waals surface area contributed by atoms with E-state index >= 15 is 0 Å². The first-order chi connectivity index (χ1) is 12.6. The number of ether oxygens (including phenoxy) is 1. The highest BCUT2D eigenvalue weighted by atomic mass is 32.1. The number of aryl methyl sites for hydroxylation is 1. The van der Waals surface area contributed by atoms with Crippen LogP contribution in [-0.2, 0) is 0 Å². The number of aromatic nitrogens is 3. The molecule has 1 atom stereocenters. The highest BCUT2D eigenvalue weighted by Crippen LogP contribution is 2.36. The van der Waals surface area contributed by atoms with Crippen LogP contribution in [0.5, 0.6) is 11.6 Å². The van der Waals surface area contributed by atoms with Gasteiger partial charge in [0.1, 0.15) is 16.5 Å². The Kier molecular flexibility index (Phi) is 4.58. The summed E-state index contributed by atoms with van der Waals surface area (Å²) in [5, 5.41) is 15.2. The van der Waals surface area contributed by atoms with Crippen LogP contribution in [-0.4, -0.2) is 39.9 Å². The van der Waals surface area contributed by atoms with Crippen molar-refractivity contribution < 1.29 is 14.7 Å². The Balaban J connectivity index is 1.80. The number of likely N-dealkylation sites (tertiary alicyclic amines) is 1. The summed E-state index contributed by atoms with van der Waals surface area (Å²) in [7, 11) is 1.69. The van der Waals surface area contributed by atoms with E-state index in [9.17, 15) is 5.11 Å². The lowest BCUT2D eigenvalue weighted by molar-refractivity contribution is -0.931. The molecule has 0 aliphatic carbocycles. The average molecular weight is 374 g/mol. The quantitative estimate of drug-likeness (QED) is 0.736. The highest BCUT2D eigenvalue weighted by molar-refractivity contribution is 7.17. The van der Waals surface area contributed by atoms with E-state index in [-0.39, 0.29) is 11.9 Å². The minimum absolute atomic E-state index is 0.0615. The van der Waals surface area contributed by atoms with Gasteiger partial charge >= 0.3 is 0 Å². The van der Waals surface area contributed by atoms with Crippen LogP contribution >= 0.6 is 11.3 Å². The number of nitrogens with zero attached hydrogens (tertiary/aromatic N) is 3. The second-order valence-corrected chi connectivity index (χ2v) is 8.20. The van der Waals surface area contributed by atoms with Crippen LogP contribution in [0.1, 0.15) is 42.1 Å². The molecule has 0 spiro atoms. The summed E-state index contributed by atoms with van der Waals surface area (Å²) in [5.74, 6) is 2.50. The lowest BCUT2D eigenvalue weighted by Gasteiger charge is -2.33. The number of nitrogens with one attached hydrogen (secondary N) is 1. The maximum absolute atomic E-state index is 10.9. The van der Waals surface area contributed by atoms with Crippen LogP contribution in [0, 0.1) is 12.8 Å². The zero-order valence-electron chi connectivity index (χ0n) is 15.4. The number of methoxy groups -OCH3 is 1. The summed E-state index contributed by atoms with van der Waals surface area (Å²) in [5.41, 5.74) is 1.16. The minimum atomic E-state index is 0.0615. The molecule has 1 aliphatic rings. The molecule has 0 bridgehead atoms. The molecule has 1 saturated heterocycles. The van der Waals surface area contributed by atoms with E-state index in [0.717, 1.165) is 40.2 Å². The molecule has 1 aromatic carbocycles. The van der Waals surface area contributed by atoms with Gasteiger partial charge in [-0.25, -0.2) is 4.98 Å². The first-order valence-corrected chi connectivity index (χ1v) is 9.92. The van der Waals surface area contributed by atoms with Gasteiger partial charge in [0.05, 0.1) is 20.2 Å². The Hall–Kier alpha value is -2.12. The standard InChI is InChI=1S/C19H24N4O2S/c1-12-7-9-22(10-8-12)16(14-5-4-6-15(11-14)25-3)17-18(24)23-19(26-17)20-13(2)21-23/h4-6,11-12,16,24H,7-10H2,1-3H3/p+1/t16-/m0/s1. The molecular formula is C19H25N4O2S+. The normalized spacial score (nSPS) is 21.8. The topological polar surface area (TPSA) is 64.1 Å². The third kappa shape index (κ3) is 3.05. The molecule has 0 unspecified atom stereocenters. The Morgan fingerprint density at radius 2 is 2.12 bits per heavy atom. The molecule has 138 valence electrons. The fraction of sp³-hybridized carbons (Fsp3) is 0.474. The number of piperidine rings is 1. The fourth-order valence-electron chi connectivity index (χ4n) is 3.85. The van der Waals surface area contributed by atoms with Gasteiger partial charge in [0, 0.05) is 5.56 Å². The van der Waals surface area contributed by atoms with E-state index < -0.39 is 0 Å². The van der Waals surface area contributed by atoms with Gasteiger partial charge in [0.15, 0.2) is 6.04 Å². The van der Waals surface area contributed by atoms with E-state index in [1.165, 1.54) is 29.1 Å². The molecule has 7 heteroatoms. The monoisotopic (exact) mass is 373 g/mol. The summed E-state index contributed by atoms with van der Waals surface area (Å²) in [6.07, 6.45) is 2.41. The van der Waals surface area contributed by atoms with Gasteiger partial charge in [0.25, 0.3) is 0 Å². The lowest BCUT2D eigenvalue weighted by Crippen LogP contribution is -3.13. The lowest BCUT2D eigenvalue weighted by atomic mass is 9.95. The molecule has 6 nitrogen and oxygen atoms in total. The van der Waals surface area contributed by atoms with Crippen molar-refractivity contribution in [3.05, 3.63) is 40.5 Å². The van der Waals surface area contributed by atoms with Crippen molar-refractivity contribution >= 4 is 16.3 Å². The van der Waals surface area contributed by atoms with E-state index in [1.807, 2.05) is 19.1 Å². The van der Waals surface area contributed by atoms with Crippen molar-refractivity contribution in [1.82, 2.24) is 14.6 Å². The van der Waals surface area contributed by atoms with E-state index in [4.69, 9.17) is 4.74 Å². The van der Waals surface area contributed by atoms with Crippen molar-refractivity contribution in [3.63, 3.8) is 0 Å². The Morgan fingerprint density at radius 3 is 2.81 bits per heavy atom. The second-order valence-electron chi connectivity index (χ2n) is 7.19. The van der Waals surface area contributed by atoms with Crippen LogP contribution < -0.4 is 9.64 Å². The van der Waals surface area contributed by atoms with Gasteiger partial charge in [0.2, 0.25) is 10.8 Å². The first-order valence-electron chi connectivity index (χ1n) is 9.10. The van der Waals surface area contributed by atoms with Crippen LogP contribution in [0.25, 0.3) is 4.96 Å². The van der Waals surface area contributed by atoms with E-state index in [2.05, 4.69) is 29.1 Å². The van der Waals surface area contributed by atoms with E-state index in [0.29, 0.717) is 5.82 Å². The minimum Gasteiger partial charge on any atom is -0.497 e. The van der Waals surface area contributed by atoms with Crippen LogP contribution in [0.15, 0.2) is 24.3 Å². The molecule has 2 aromatic heterocycles. The predicted octanol–water partition coefficient (Wildman–Crippen LogP) is 2.22. The predicted molar refractivity (Wildman–Crippen MR) is 101 cm³/mol. The maximum atomic E-state index is 10.9. The summed E-state index contributed by atoms with van der Waals surface area (Å²) in [6, 6.07) is 8.24. The number of fused-ring (bicyclic) bond motifs is 1.